The maximum Gasteiger partial charge on any atom is 0.370 e. The summed E-state index contributed by atoms with van der Waals surface area (Å²) in [7, 11) is 0. The number of carboxylic acids is 1. The zero-order chi connectivity index (χ0) is 27.1. The van der Waals surface area contributed by atoms with Crippen LogP contribution in [0.4, 0.5) is 0 Å². The molecule has 1 fully saturated rings. The molecular formula is C22H33N7O8. The number of guanidine groups is 1. The minimum atomic E-state index is -1.79. The molecule has 8 N–H and O–H groups in total. The summed E-state index contributed by atoms with van der Waals surface area (Å²) in [5.41, 5.74) is 6.72. The van der Waals surface area contributed by atoms with Gasteiger partial charge in [0, 0.05) is 19.0 Å². The molecule has 1 aromatic rings. The van der Waals surface area contributed by atoms with Crippen molar-refractivity contribution in [3.05, 3.63) is 23.7 Å². The number of hydrogen-bond acceptors (Lipinski definition) is 10. The first-order valence-corrected chi connectivity index (χ1v) is 12.0. The highest BCUT2D eigenvalue weighted by Crippen LogP contribution is 2.31. The molecule has 2 heterocycles. The summed E-state index contributed by atoms with van der Waals surface area (Å²) < 4.78 is 6.66. The van der Waals surface area contributed by atoms with Crippen LogP contribution in [0.15, 0.2) is 23.0 Å². The van der Waals surface area contributed by atoms with E-state index in [0.717, 1.165) is 37.5 Å². The van der Waals surface area contributed by atoms with Crippen molar-refractivity contribution >= 4 is 23.7 Å². The van der Waals surface area contributed by atoms with Crippen molar-refractivity contribution in [1.82, 2.24) is 25.6 Å². The number of nitrogens with two attached hydrogens (primary N) is 1. The number of nitrogens with zero attached hydrogens (tertiary/aromatic N) is 4. The van der Waals surface area contributed by atoms with Crippen molar-refractivity contribution in [2.45, 2.75) is 81.9 Å². The zero-order valence-corrected chi connectivity index (χ0v) is 20.4. The Balaban J connectivity index is 1.74. The summed E-state index contributed by atoms with van der Waals surface area (Å²) in [4.78, 5) is 40.0. The topological polar surface area (TPSA) is 235 Å². The number of carbonyl (C=O) groups is 3. The molecule has 1 aromatic heterocycles. The number of aliphatic carboxylic acids is 1. The summed E-state index contributed by atoms with van der Waals surface area (Å²) in [5.74, 6) is -3.34. The molecule has 2 amide bonds. The minimum Gasteiger partial charge on any atom is -0.478 e. The molecule has 15 nitrogen and oxygen atoms in total. The van der Waals surface area contributed by atoms with Crippen LogP contribution in [0.5, 0.6) is 0 Å². The Morgan fingerprint density at radius 3 is 2.59 bits per heavy atom. The van der Waals surface area contributed by atoms with Gasteiger partial charge in [-0.2, -0.15) is 0 Å². The SMILES string of the molecule is CC(=O)N[C@H]1[C@H]([C@H](O)[C@H](O)CO)OC(C(=O)O)=C[C@@H]1N=C(N)NC(=O)Cn1cc(C2CCCCC2)nn1. The maximum atomic E-state index is 12.5. The van der Waals surface area contributed by atoms with Gasteiger partial charge in [-0.25, -0.2) is 14.5 Å². The fourth-order valence-electron chi connectivity index (χ4n) is 4.46. The Morgan fingerprint density at radius 2 is 1.97 bits per heavy atom. The van der Waals surface area contributed by atoms with Gasteiger partial charge >= 0.3 is 5.97 Å². The minimum absolute atomic E-state index is 0.195. The van der Waals surface area contributed by atoms with Crippen molar-refractivity contribution < 1.29 is 39.5 Å². The van der Waals surface area contributed by atoms with E-state index in [1.807, 2.05) is 0 Å². The fourth-order valence-corrected chi connectivity index (χ4v) is 4.46. The standard InChI is InChI=1S/C22H33N7O8/c1-11(31)24-18-13(7-16(21(35)36)37-20(18)19(34)15(32)10-30)25-22(23)26-17(33)9-29-8-14(27-28-29)12-5-3-2-4-6-12/h7-8,12-13,15,18-20,30,32,34H,2-6,9-10H2,1H3,(H,24,31)(H,35,36)(H3,23,25,26,33)/t13-,15+,18+,19+,20+/m0/s1. The summed E-state index contributed by atoms with van der Waals surface area (Å²) in [6.45, 7) is 0.129. The number of aromatic nitrogens is 3. The van der Waals surface area contributed by atoms with Crippen LogP contribution in [0.2, 0.25) is 0 Å². The Hall–Kier alpha value is -3.56. The zero-order valence-electron chi connectivity index (χ0n) is 20.4. The Labute approximate surface area is 212 Å². The van der Waals surface area contributed by atoms with Gasteiger partial charge in [-0.1, -0.05) is 24.5 Å². The van der Waals surface area contributed by atoms with Crippen LogP contribution in [-0.4, -0.2) is 96.2 Å². The van der Waals surface area contributed by atoms with E-state index in [2.05, 4.69) is 25.9 Å². The maximum absolute atomic E-state index is 12.5. The van der Waals surface area contributed by atoms with Crippen LogP contribution in [0.25, 0.3) is 0 Å². The molecule has 204 valence electrons. The van der Waals surface area contributed by atoms with Crippen molar-refractivity contribution in [3.8, 4) is 0 Å². The number of aliphatic hydroxyl groups excluding tert-OH is 3. The molecule has 15 heteroatoms. The van der Waals surface area contributed by atoms with E-state index in [4.69, 9.17) is 10.5 Å². The average molecular weight is 524 g/mol. The lowest BCUT2D eigenvalue weighted by Gasteiger charge is -2.38. The predicted octanol–water partition coefficient (Wildman–Crippen LogP) is -2.29. The number of carboxylic acid groups (broad SMARTS) is 1. The van der Waals surface area contributed by atoms with Crippen molar-refractivity contribution in [3.63, 3.8) is 0 Å². The van der Waals surface area contributed by atoms with Crippen molar-refractivity contribution in [1.29, 1.82) is 0 Å². The van der Waals surface area contributed by atoms with E-state index in [9.17, 15) is 34.8 Å². The number of aliphatic imine (C=N–C) groups is 1. The molecule has 2 aliphatic rings. The van der Waals surface area contributed by atoms with Crippen molar-refractivity contribution in [2.75, 3.05) is 6.61 Å². The highest BCUT2D eigenvalue weighted by Gasteiger charge is 2.43. The second-order valence-electron chi connectivity index (χ2n) is 9.11. The van der Waals surface area contributed by atoms with Gasteiger partial charge in [-0.3, -0.25) is 14.9 Å². The van der Waals surface area contributed by atoms with E-state index in [1.165, 1.54) is 18.0 Å². The van der Waals surface area contributed by atoms with E-state index < -0.39 is 66.5 Å². The first-order valence-electron chi connectivity index (χ1n) is 12.0. The van der Waals surface area contributed by atoms with Crippen LogP contribution in [0.3, 0.4) is 0 Å². The number of carbonyl (C=O) groups excluding carboxylic acids is 2. The number of rotatable bonds is 9. The van der Waals surface area contributed by atoms with Gasteiger partial charge in [0.05, 0.1) is 24.4 Å². The van der Waals surface area contributed by atoms with Crippen LogP contribution in [-0.2, 0) is 25.7 Å². The fraction of sp³-hybridized carbons (Fsp3) is 0.636. The summed E-state index contributed by atoms with van der Waals surface area (Å²) in [6, 6.07) is -2.40. The smallest absolute Gasteiger partial charge is 0.370 e. The molecule has 1 saturated carbocycles. The molecule has 1 aliphatic heterocycles. The molecule has 0 spiro atoms. The third kappa shape index (κ3) is 7.47. The van der Waals surface area contributed by atoms with Gasteiger partial charge in [0.2, 0.25) is 17.6 Å². The highest BCUT2D eigenvalue weighted by atomic mass is 16.5. The number of hydrogen-bond donors (Lipinski definition) is 7. The van der Waals surface area contributed by atoms with Crippen LogP contribution < -0.4 is 16.4 Å². The van der Waals surface area contributed by atoms with Gasteiger partial charge in [-0.15, -0.1) is 5.10 Å². The van der Waals surface area contributed by atoms with Gasteiger partial charge in [-0.05, 0) is 18.9 Å². The van der Waals surface area contributed by atoms with E-state index in [1.54, 1.807) is 6.20 Å². The van der Waals surface area contributed by atoms with Crippen LogP contribution in [0, 0.1) is 0 Å². The van der Waals surface area contributed by atoms with Gasteiger partial charge in [0.1, 0.15) is 24.9 Å². The summed E-state index contributed by atoms with van der Waals surface area (Å²) in [6.07, 6.45) is 3.29. The first kappa shape index (κ1) is 28.0. The Kier molecular flexibility index (Phi) is 9.54. The van der Waals surface area contributed by atoms with Crippen LogP contribution >= 0.6 is 0 Å². The number of nitrogens with one attached hydrogen (secondary N) is 2. The van der Waals surface area contributed by atoms with Gasteiger partial charge in [0.25, 0.3) is 0 Å². The second-order valence-corrected chi connectivity index (χ2v) is 9.11. The quantitative estimate of drug-likeness (QED) is 0.134. The molecule has 0 saturated heterocycles. The molecule has 3 rings (SSSR count). The van der Waals surface area contributed by atoms with Crippen molar-refractivity contribution in [2.24, 2.45) is 10.7 Å². The second kappa shape index (κ2) is 12.6. The molecule has 0 aromatic carbocycles. The predicted molar refractivity (Wildman–Crippen MR) is 127 cm³/mol. The lowest BCUT2D eigenvalue weighted by Crippen LogP contribution is -2.60. The number of ether oxygens (including phenoxy) is 1. The molecule has 0 radical (unpaired) electrons. The molecular weight excluding hydrogens is 490 g/mol. The molecule has 0 unspecified atom stereocenters. The van der Waals surface area contributed by atoms with E-state index >= 15 is 0 Å². The van der Waals surface area contributed by atoms with Crippen LogP contribution in [0.1, 0.15) is 50.6 Å². The van der Waals surface area contributed by atoms with Gasteiger partial charge < -0.3 is 36.2 Å². The molecule has 5 atom stereocenters. The molecule has 0 bridgehead atoms. The monoisotopic (exact) mass is 523 g/mol. The highest BCUT2D eigenvalue weighted by molar-refractivity contribution is 5.96. The largest absolute Gasteiger partial charge is 0.478 e. The lowest BCUT2D eigenvalue weighted by atomic mass is 9.87. The Bertz CT molecular complexity index is 1040. The Morgan fingerprint density at radius 1 is 1.27 bits per heavy atom. The van der Waals surface area contributed by atoms with Gasteiger partial charge in [0.15, 0.2) is 5.96 Å². The first-order chi connectivity index (χ1) is 17.6. The summed E-state index contributed by atoms with van der Waals surface area (Å²) >= 11 is 0. The third-order valence-electron chi connectivity index (χ3n) is 6.25. The van der Waals surface area contributed by atoms with E-state index in [-0.39, 0.29) is 6.54 Å². The number of amides is 2. The normalized spacial score (nSPS) is 24.4. The average Bonchev–Trinajstić information content (AvgIpc) is 3.32. The summed E-state index contributed by atoms with van der Waals surface area (Å²) in [5, 5.41) is 51.9. The molecule has 37 heavy (non-hydrogen) atoms. The number of aliphatic hydroxyl groups is 3. The lowest BCUT2D eigenvalue weighted by molar-refractivity contribution is -0.145. The molecule has 1 aliphatic carbocycles. The third-order valence-corrected chi connectivity index (χ3v) is 6.25. The van der Waals surface area contributed by atoms with E-state index in [0.29, 0.717) is 5.92 Å².